The minimum Gasteiger partial charge on any atom is -0.539 e. The van der Waals surface area contributed by atoms with E-state index < -0.39 is 0 Å². The van der Waals surface area contributed by atoms with Crippen molar-refractivity contribution in [3.05, 3.63) is 171 Å². The topological polar surface area (TPSA) is 76.6 Å². The predicted octanol–water partition coefficient (Wildman–Crippen LogP) is 7.74. The molecule has 9 heteroatoms. The zero-order chi connectivity index (χ0) is 40.4. The average molecular weight is 753 g/mol. The molecule has 0 radical (unpaired) electrons. The van der Waals surface area contributed by atoms with Gasteiger partial charge in [-0.25, -0.2) is 0 Å². The number of hydrogen-bond acceptors (Lipinski definition) is 6. The Labute approximate surface area is 334 Å². The van der Waals surface area contributed by atoms with Crippen molar-refractivity contribution >= 4 is 19.5 Å². The summed E-state index contributed by atoms with van der Waals surface area (Å²) in [5.41, 5.74) is 9.90. The summed E-state index contributed by atoms with van der Waals surface area (Å²) >= 11 is 0. The first kappa shape index (κ1) is 41.9. The molecule has 0 atom stereocenters. The van der Waals surface area contributed by atoms with Gasteiger partial charge in [-0.1, -0.05) is 111 Å². The second kappa shape index (κ2) is 19.1. The van der Waals surface area contributed by atoms with Gasteiger partial charge in [0.05, 0.1) is 0 Å². The van der Waals surface area contributed by atoms with Crippen LogP contribution in [0.3, 0.4) is 0 Å². The molecule has 56 heavy (non-hydrogen) atoms. The number of amides is 2. The molecule has 0 heterocycles. The predicted molar refractivity (Wildman–Crippen MR) is 228 cm³/mol. The van der Waals surface area contributed by atoms with Gasteiger partial charge >= 0.3 is 7.69 Å². The fourth-order valence-electron chi connectivity index (χ4n) is 6.92. The van der Waals surface area contributed by atoms with Gasteiger partial charge in [-0.2, -0.15) is 0 Å². The van der Waals surface area contributed by atoms with Gasteiger partial charge in [0, 0.05) is 64.5 Å². The Morgan fingerprint density at radius 1 is 0.554 bits per heavy atom. The van der Waals surface area contributed by atoms with Crippen LogP contribution in [0.5, 0.6) is 5.75 Å². The molecule has 0 fully saturated rings. The van der Waals surface area contributed by atoms with Gasteiger partial charge in [0.1, 0.15) is 5.75 Å². The Morgan fingerprint density at radius 3 is 1.34 bits per heavy atom. The van der Waals surface area contributed by atoms with E-state index >= 15 is 0 Å². The minimum atomic E-state index is -0.353. The zero-order valence-electron chi connectivity index (χ0n) is 34.4. The first-order valence-electron chi connectivity index (χ1n) is 19.2. The average Bonchev–Trinajstić information content (AvgIpc) is 3.17. The summed E-state index contributed by atoms with van der Waals surface area (Å²) in [4.78, 5) is 35.7. The van der Waals surface area contributed by atoms with Gasteiger partial charge in [-0.05, 0) is 95.7 Å². The van der Waals surface area contributed by atoms with E-state index in [1.165, 1.54) is 22.3 Å². The Kier molecular flexibility index (Phi) is 14.3. The van der Waals surface area contributed by atoms with Crippen LogP contribution in [-0.2, 0) is 44.7 Å². The van der Waals surface area contributed by atoms with Gasteiger partial charge in [0.25, 0.3) is 11.8 Å². The maximum Gasteiger partial charge on any atom is 0.504 e. The van der Waals surface area contributed by atoms with Gasteiger partial charge < -0.3 is 19.5 Å². The number of carbonyl (C=O) groups excluding carboxylic acids is 2. The summed E-state index contributed by atoms with van der Waals surface area (Å²) in [5, 5.41) is 8.94. The van der Waals surface area contributed by atoms with Gasteiger partial charge in [-0.15, -0.1) is 0 Å². The SMILES string of the molecule is Cc1ccc(CN(C)Cc2ccc(CN(C)C(=O)c3ccc(C(=O)N(C)Cc4ccc(CN(C)Cc5ccc(OBO)cc5)cc4)cc3C(C)(C)C)cc2)cc1. The third kappa shape index (κ3) is 11.9. The molecule has 0 aliphatic rings. The summed E-state index contributed by atoms with van der Waals surface area (Å²) in [5.74, 6) is 0.484. The van der Waals surface area contributed by atoms with Crippen molar-refractivity contribution in [2.45, 2.75) is 72.4 Å². The summed E-state index contributed by atoms with van der Waals surface area (Å²) in [7, 11) is 7.53. The lowest BCUT2D eigenvalue weighted by Gasteiger charge is -2.27. The second-order valence-electron chi connectivity index (χ2n) is 16.2. The molecule has 8 nitrogen and oxygen atoms in total. The van der Waals surface area contributed by atoms with E-state index in [0.717, 1.165) is 48.4 Å². The molecule has 0 unspecified atom stereocenters. The standard InChI is InChI=1S/C47H57BN4O4/c1-34-9-11-35(12-10-34)28-49(5)29-37-15-19-40(20-16-37)33-52(8)46(54)43-26-23-41(27-44(43)47(2,3)4)45(53)51(7)32-39-17-13-36(14-18-39)30-50(6)31-38-21-24-42(25-22-38)56-48-55/h9-27,48,55H,28-33H2,1-8H3. The maximum atomic E-state index is 13.9. The van der Waals surface area contributed by atoms with Crippen molar-refractivity contribution in [3.63, 3.8) is 0 Å². The molecular weight excluding hydrogens is 695 g/mol. The number of aryl methyl sites for hydroxylation is 1. The molecule has 0 aromatic heterocycles. The van der Waals surface area contributed by atoms with Crippen molar-refractivity contribution in [1.29, 1.82) is 0 Å². The third-order valence-corrected chi connectivity index (χ3v) is 9.97. The first-order valence-corrected chi connectivity index (χ1v) is 19.2. The molecule has 0 saturated carbocycles. The fourth-order valence-corrected chi connectivity index (χ4v) is 6.92. The third-order valence-electron chi connectivity index (χ3n) is 9.97. The zero-order valence-corrected chi connectivity index (χ0v) is 34.4. The highest BCUT2D eigenvalue weighted by atomic mass is 16.5. The van der Waals surface area contributed by atoms with Crippen LogP contribution in [0, 0.1) is 6.92 Å². The molecule has 0 aliphatic carbocycles. The second-order valence-corrected chi connectivity index (χ2v) is 16.2. The summed E-state index contributed by atoms with van der Waals surface area (Å²) in [6, 6.07) is 38.7. The van der Waals surface area contributed by atoms with Crippen molar-refractivity contribution < 1.29 is 19.3 Å². The molecule has 1 N–H and O–H groups in total. The maximum absolute atomic E-state index is 13.9. The van der Waals surface area contributed by atoms with Crippen LogP contribution < -0.4 is 4.65 Å². The van der Waals surface area contributed by atoms with Crippen molar-refractivity contribution in [2.24, 2.45) is 0 Å². The number of carbonyl (C=O) groups is 2. The van der Waals surface area contributed by atoms with Crippen molar-refractivity contribution in [1.82, 2.24) is 19.6 Å². The lowest BCUT2D eigenvalue weighted by Crippen LogP contribution is -2.30. The highest BCUT2D eigenvalue weighted by Crippen LogP contribution is 2.29. The van der Waals surface area contributed by atoms with Crippen molar-refractivity contribution in [3.8, 4) is 5.75 Å². The molecule has 2 amide bonds. The quantitative estimate of drug-likeness (QED) is 0.104. The molecule has 5 aromatic rings. The monoisotopic (exact) mass is 752 g/mol. The molecule has 0 spiro atoms. The van der Waals surface area contributed by atoms with Crippen LogP contribution in [0.4, 0.5) is 0 Å². The number of hydrogen-bond donors (Lipinski definition) is 1. The van der Waals surface area contributed by atoms with Gasteiger partial charge in [0.2, 0.25) is 0 Å². The number of nitrogens with zero attached hydrogens (tertiary/aromatic N) is 4. The van der Waals surface area contributed by atoms with Crippen LogP contribution in [0.15, 0.2) is 115 Å². The van der Waals surface area contributed by atoms with E-state index in [2.05, 4.69) is 124 Å². The normalized spacial score (nSPS) is 11.5. The lowest BCUT2D eigenvalue weighted by atomic mass is 9.82. The molecule has 5 aromatic carbocycles. The Hall–Kier alpha value is -5.22. The van der Waals surface area contributed by atoms with Crippen LogP contribution in [0.1, 0.15) is 86.0 Å². The van der Waals surface area contributed by atoms with Gasteiger partial charge in [-0.3, -0.25) is 19.4 Å². The van der Waals surface area contributed by atoms with Crippen LogP contribution in [0.2, 0.25) is 0 Å². The Bertz CT molecular complexity index is 2040. The highest BCUT2D eigenvalue weighted by molar-refractivity contribution is 6.17. The molecule has 0 saturated heterocycles. The lowest BCUT2D eigenvalue weighted by molar-refractivity contribution is 0.0771. The fraction of sp³-hybridized carbons (Fsp3) is 0.319. The van der Waals surface area contributed by atoms with Crippen molar-refractivity contribution in [2.75, 3.05) is 28.2 Å². The Morgan fingerprint density at radius 2 is 0.929 bits per heavy atom. The molecule has 292 valence electrons. The summed E-state index contributed by atoms with van der Waals surface area (Å²) < 4.78 is 5.12. The first-order chi connectivity index (χ1) is 26.7. The van der Waals surface area contributed by atoms with Gasteiger partial charge in [0.15, 0.2) is 0 Å². The van der Waals surface area contributed by atoms with E-state index in [-0.39, 0.29) is 24.9 Å². The molecule has 0 bridgehead atoms. The largest absolute Gasteiger partial charge is 0.539 e. The minimum absolute atomic E-state index is 0.0690. The molecule has 0 aliphatic heterocycles. The Balaban J connectivity index is 1.16. The van der Waals surface area contributed by atoms with E-state index in [4.69, 9.17) is 9.68 Å². The smallest absolute Gasteiger partial charge is 0.504 e. The van der Waals surface area contributed by atoms with E-state index in [1.807, 2.05) is 50.5 Å². The van der Waals surface area contributed by atoms with E-state index in [9.17, 15) is 9.59 Å². The van der Waals surface area contributed by atoms with Crippen LogP contribution in [-0.4, -0.2) is 72.3 Å². The van der Waals surface area contributed by atoms with Crippen LogP contribution >= 0.6 is 0 Å². The number of rotatable bonds is 16. The van der Waals surface area contributed by atoms with E-state index in [0.29, 0.717) is 30.0 Å². The van der Waals surface area contributed by atoms with E-state index in [1.54, 1.807) is 15.9 Å². The van der Waals surface area contributed by atoms with Crippen LogP contribution in [0.25, 0.3) is 0 Å². The summed E-state index contributed by atoms with van der Waals surface area (Å²) in [6.45, 7) is 12.6. The summed E-state index contributed by atoms with van der Waals surface area (Å²) in [6.07, 6.45) is 0. The molecule has 5 rings (SSSR count). The number of benzene rings is 5. The highest BCUT2D eigenvalue weighted by Gasteiger charge is 2.26. The molecular formula is C47H57BN4O4.